The first-order valence-corrected chi connectivity index (χ1v) is 6.43. The summed E-state index contributed by atoms with van der Waals surface area (Å²) in [6.07, 6.45) is 2.68. The summed E-state index contributed by atoms with van der Waals surface area (Å²) in [4.78, 5) is 17.9. The van der Waals surface area contributed by atoms with Crippen molar-refractivity contribution in [2.75, 3.05) is 10.6 Å². The fourth-order valence-electron chi connectivity index (χ4n) is 2.43. The largest absolute Gasteiger partial charge is 0.399 e. The van der Waals surface area contributed by atoms with Crippen LogP contribution in [0.2, 0.25) is 0 Å². The van der Waals surface area contributed by atoms with E-state index < -0.39 is 0 Å². The Morgan fingerprint density at radius 2 is 2.10 bits per heavy atom. The van der Waals surface area contributed by atoms with Gasteiger partial charge < -0.3 is 10.6 Å². The third-order valence-electron chi connectivity index (χ3n) is 3.41. The number of rotatable bonds is 2. The highest BCUT2D eigenvalue weighted by Gasteiger charge is 2.24. The minimum absolute atomic E-state index is 0.0210. The van der Waals surface area contributed by atoms with Gasteiger partial charge in [0.25, 0.3) is 0 Å². The lowest BCUT2D eigenvalue weighted by Gasteiger charge is -2.29. The molecular weight excluding hydrogens is 257 g/mol. The molecule has 1 aliphatic rings. The van der Waals surface area contributed by atoms with Gasteiger partial charge in [-0.3, -0.25) is 9.78 Å². The molecule has 0 bridgehead atoms. The Morgan fingerprint density at radius 3 is 2.90 bits per heavy atom. The number of aromatic nitrogens is 1. The molecule has 5 heteroatoms. The molecule has 0 fully saturated rings. The molecule has 1 aromatic carbocycles. The Hall–Kier alpha value is -2.43. The summed E-state index contributed by atoms with van der Waals surface area (Å²) in [5, 5.41) is 0. The van der Waals surface area contributed by atoms with Crippen molar-refractivity contribution in [1.82, 2.24) is 4.98 Å². The number of halogens is 1. The molecule has 20 heavy (non-hydrogen) atoms. The van der Waals surface area contributed by atoms with Crippen molar-refractivity contribution in [3.63, 3.8) is 0 Å². The molecule has 0 saturated carbocycles. The maximum Gasteiger partial charge on any atom is 0.227 e. The average Bonchev–Trinajstić information content (AvgIpc) is 2.42. The van der Waals surface area contributed by atoms with Crippen molar-refractivity contribution in [2.45, 2.75) is 19.4 Å². The topological polar surface area (TPSA) is 59.2 Å². The molecular formula is C15H14FN3O. The van der Waals surface area contributed by atoms with E-state index in [4.69, 9.17) is 5.73 Å². The van der Waals surface area contributed by atoms with Gasteiger partial charge in [-0.25, -0.2) is 4.39 Å². The van der Waals surface area contributed by atoms with Crippen LogP contribution in [0, 0.1) is 5.82 Å². The first-order chi connectivity index (χ1) is 9.63. The van der Waals surface area contributed by atoms with Crippen molar-refractivity contribution >= 4 is 17.3 Å². The molecule has 2 heterocycles. The summed E-state index contributed by atoms with van der Waals surface area (Å²) in [5.41, 5.74) is 8.61. The third kappa shape index (κ3) is 2.34. The maximum atomic E-state index is 13.4. The maximum absolute atomic E-state index is 13.4. The highest BCUT2D eigenvalue weighted by Crippen LogP contribution is 2.29. The van der Waals surface area contributed by atoms with Crippen LogP contribution in [-0.4, -0.2) is 10.9 Å². The number of benzene rings is 1. The van der Waals surface area contributed by atoms with Crippen molar-refractivity contribution in [1.29, 1.82) is 0 Å². The number of nitrogen functional groups attached to an aromatic ring is 1. The lowest BCUT2D eigenvalue weighted by molar-refractivity contribution is -0.119. The van der Waals surface area contributed by atoms with E-state index >= 15 is 0 Å². The fraction of sp³-hybridized carbons (Fsp3) is 0.200. The molecule has 0 unspecified atom stereocenters. The summed E-state index contributed by atoms with van der Waals surface area (Å²) in [7, 11) is 0. The van der Waals surface area contributed by atoms with E-state index in [2.05, 4.69) is 4.98 Å². The van der Waals surface area contributed by atoms with Crippen LogP contribution < -0.4 is 10.6 Å². The molecule has 0 atom stereocenters. The van der Waals surface area contributed by atoms with Gasteiger partial charge in [0.1, 0.15) is 5.82 Å². The second-order valence-electron chi connectivity index (χ2n) is 4.83. The molecule has 4 nitrogen and oxygen atoms in total. The molecule has 102 valence electrons. The molecule has 0 aliphatic carbocycles. The number of carbonyl (C=O) groups excluding carboxylic acids is 1. The highest BCUT2D eigenvalue weighted by molar-refractivity contribution is 5.96. The van der Waals surface area contributed by atoms with Gasteiger partial charge in [0, 0.05) is 18.3 Å². The van der Waals surface area contributed by atoms with Gasteiger partial charge in [-0.2, -0.15) is 0 Å². The number of nitrogens with two attached hydrogens (primary N) is 1. The zero-order chi connectivity index (χ0) is 14.1. The predicted molar refractivity (Wildman–Crippen MR) is 74.6 cm³/mol. The molecule has 0 spiro atoms. The zero-order valence-corrected chi connectivity index (χ0v) is 10.8. The van der Waals surface area contributed by atoms with Crippen LogP contribution in [0.1, 0.15) is 17.7 Å². The molecule has 1 aliphatic heterocycles. The quantitative estimate of drug-likeness (QED) is 0.911. The van der Waals surface area contributed by atoms with E-state index in [1.807, 2.05) is 0 Å². The number of anilines is 2. The number of amides is 1. The van der Waals surface area contributed by atoms with Crippen LogP contribution >= 0.6 is 0 Å². The monoisotopic (exact) mass is 271 g/mol. The standard InChI is InChI=1S/C15H14FN3O/c16-11-3-1-10-2-4-15(20)19(14(10)7-11)9-13-8-12(17)5-6-18-13/h1,3,5-8H,2,4,9H2,(H2,17,18). The molecule has 1 amide bonds. The Balaban J connectivity index is 1.97. The smallest absolute Gasteiger partial charge is 0.227 e. The van der Waals surface area contributed by atoms with Crippen molar-refractivity contribution in [2.24, 2.45) is 0 Å². The molecule has 2 aromatic rings. The van der Waals surface area contributed by atoms with Gasteiger partial charge in [0.2, 0.25) is 5.91 Å². The Labute approximate surface area is 116 Å². The first kappa shape index (κ1) is 12.6. The Bertz CT molecular complexity index is 672. The van der Waals surface area contributed by atoms with Gasteiger partial charge in [0.15, 0.2) is 0 Å². The minimum Gasteiger partial charge on any atom is -0.399 e. The summed E-state index contributed by atoms with van der Waals surface area (Å²) in [5.74, 6) is -0.365. The first-order valence-electron chi connectivity index (χ1n) is 6.43. The Kier molecular flexibility index (Phi) is 3.10. The van der Waals surface area contributed by atoms with Gasteiger partial charge in [-0.15, -0.1) is 0 Å². The number of hydrogen-bond donors (Lipinski definition) is 1. The number of fused-ring (bicyclic) bond motifs is 1. The van der Waals surface area contributed by atoms with E-state index in [9.17, 15) is 9.18 Å². The van der Waals surface area contributed by atoms with Crippen molar-refractivity contribution in [3.05, 3.63) is 53.6 Å². The van der Waals surface area contributed by atoms with E-state index in [0.29, 0.717) is 36.5 Å². The second kappa shape index (κ2) is 4.92. The number of carbonyl (C=O) groups is 1. The number of aryl methyl sites for hydroxylation is 1. The van der Waals surface area contributed by atoms with E-state index in [0.717, 1.165) is 5.56 Å². The fourth-order valence-corrected chi connectivity index (χ4v) is 2.43. The summed E-state index contributed by atoms with van der Waals surface area (Å²) in [6.45, 7) is 0.306. The molecule has 1 aromatic heterocycles. The molecule has 3 rings (SSSR count). The lowest BCUT2D eigenvalue weighted by Crippen LogP contribution is -2.34. The number of hydrogen-bond acceptors (Lipinski definition) is 3. The molecule has 0 saturated heterocycles. The summed E-state index contributed by atoms with van der Waals surface area (Å²) in [6, 6.07) is 7.97. The average molecular weight is 271 g/mol. The van der Waals surface area contributed by atoms with E-state index in [-0.39, 0.29) is 11.7 Å². The molecule has 0 radical (unpaired) electrons. The minimum atomic E-state index is -0.344. The van der Waals surface area contributed by atoms with Crippen molar-refractivity contribution < 1.29 is 9.18 Å². The van der Waals surface area contributed by atoms with Crippen LogP contribution in [-0.2, 0) is 17.8 Å². The Morgan fingerprint density at radius 1 is 1.25 bits per heavy atom. The number of pyridine rings is 1. The van der Waals surface area contributed by atoms with Crippen LogP contribution in [0.4, 0.5) is 15.8 Å². The highest BCUT2D eigenvalue weighted by atomic mass is 19.1. The SMILES string of the molecule is Nc1ccnc(CN2C(=O)CCc3ccc(F)cc32)c1. The van der Waals surface area contributed by atoms with Gasteiger partial charge in [-0.1, -0.05) is 6.07 Å². The summed E-state index contributed by atoms with van der Waals surface area (Å²) < 4.78 is 13.4. The normalized spacial score (nSPS) is 14.2. The zero-order valence-electron chi connectivity index (χ0n) is 10.8. The van der Waals surface area contributed by atoms with Crippen LogP contribution in [0.15, 0.2) is 36.5 Å². The van der Waals surface area contributed by atoms with E-state index in [1.54, 1.807) is 29.3 Å². The predicted octanol–water partition coefficient (Wildman–Crippen LogP) is 2.28. The van der Waals surface area contributed by atoms with Gasteiger partial charge >= 0.3 is 0 Å². The van der Waals surface area contributed by atoms with Crippen LogP contribution in [0.25, 0.3) is 0 Å². The third-order valence-corrected chi connectivity index (χ3v) is 3.41. The molecule has 2 N–H and O–H groups in total. The summed E-state index contributed by atoms with van der Waals surface area (Å²) >= 11 is 0. The van der Waals surface area contributed by atoms with Crippen LogP contribution in [0.3, 0.4) is 0 Å². The second-order valence-corrected chi connectivity index (χ2v) is 4.83. The van der Waals surface area contributed by atoms with E-state index in [1.165, 1.54) is 12.1 Å². The van der Waals surface area contributed by atoms with Crippen LogP contribution in [0.5, 0.6) is 0 Å². The number of nitrogens with zero attached hydrogens (tertiary/aromatic N) is 2. The lowest BCUT2D eigenvalue weighted by atomic mass is 10.0. The van der Waals surface area contributed by atoms with Gasteiger partial charge in [-0.05, 0) is 36.2 Å². The van der Waals surface area contributed by atoms with Crippen molar-refractivity contribution in [3.8, 4) is 0 Å². The van der Waals surface area contributed by atoms with Gasteiger partial charge in [0.05, 0.1) is 17.9 Å².